The summed E-state index contributed by atoms with van der Waals surface area (Å²) in [6.07, 6.45) is 6.32. The number of thioether (sulfide) groups is 1. The molecule has 1 rings (SSSR count). The van der Waals surface area contributed by atoms with E-state index in [1.165, 1.54) is 6.42 Å². The molecule has 0 bridgehead atoms. The van der Waals surface area contributed by atoms with E-state index >= 15 is 0 Å². The third-order valence-corrected chi connectivity index (χ3v) is 4.78. The summed E-state index contributed by atoms with van der Waals surface area (Å²) in [7, 11) is 0. The quantitative estimate of drug-likeness (QED) is 0.745. The zero-order valence-corrected chi connectivity index (χ0v) is 13.5. The maximum absolute atomic E-state index is 12.0. The Morgan fingerprint density at radius 3 is 2.45 bits per heavy atom. The molecule has 0 spiro atoms. The molecule has 3 N–H and O–H groups in total. The van der Waals surface area contributed by atoms with E-state index in [1.54, 1.807) is 20.8 Å². The number of carboxylic acids is 1. The fourth-order valence-corrected chi connectivity index (χ4v) is 3.32. The van der Waals surface area contributed by atoms with Crippen LogP contribution in [0, 0.1) is 5.41 Å². The Balaban J connectivity index is 2.52. The van der Waals surface area contributed by atoms with Crippen LogP contribution in [0.5, 0.6) is 0 Å². The van der Waals surface area contributed by atoms with Crippen LogP contribution in [0.4, 0.5) is 4.79 Å². The summed E-state index contributed by atoms with van der Waals surface area (Å²) < 4.78 is 0. The summed E-state index contributed by atoms with van der Waals surface area (Å²) >= 11 is 1.83. The normalized spacial score (nSPS) is 24.8. The van der Waals surface area contributed by atoms with Gasteiger partial charge in [0.25, 0.3) is 0 Å². The molecule has 1 fully saturated rings. The molecule has 6 heteroatoms. The van der Waals surface area contributed by atoms with Crippen molar-refractivity contribution in [3.8, 4) is 0 Å². The van der Waals surface area contributed by atoms with Gasteiger partial charge in [-0.05, 0) is 30.9 Å². The average Bonchev–Trinajstić information content (AvgIpc) is 2.34. The molecule has 0 aromatic carbocycles. The van der Waals surface area contributed by atoms with Crippen LogP contribution in [0.25, 0.3) is 0 Å². The van der Waals surface area contributed by atoms with Crippen molar-refractivity contribution in [1.29, 1.82) is 0 Å². The van der Waals surface area contributed by atoms with Crippen molar-refractivity contribution in [3.05, 3.63) is 0 Å². The van der Waals surface area contributed by atoms with Crippen LogP contribution >= 0.6 is 11.8 Å². The number of hydrogen-bond donors (Lipinski definition) is 3. The minimum Gasteiger partial charge on any atom is -0.480 e. The smallest absolute Gasteiger partial charge is 0.326 e. The number of carboxylic acid groups (broad SMARTS) is 1. The van der Waals surface area contributed by atoms with Gasteiger partial charge in [-0.25, -0.2) is 9.59 Å². The number of aliphatic carboxylic acids is 1. The molecule has 2 unspecified atom stereocenters. The van der Waals surface area contributed by atoms with Gasteiger partial charge < -0.3 is 15.7 Å². The minimum absolute atomic E-state index is 0.149. The van der Waals surface area contributed by atoms with E-state index < -0.39 is 17.4 Å². The Labute approximate surface area is 125 Å². The van der Waals surface area contributed by atoms with Crippen LogP contribution in [0.15, 0.2) is 0 Å². The van der Waals surface area contributed by atoms with Crippen LogP contribution < -0.4 is 10.6 Å². The predicted octanol–water partition coefficient (Wildman–Crippen LogP) is 2.46. The Kier molecular flexibility index (Phi) is 6.17. The first-order chi connectivity index (χ1) is 9.24. The summed E-state index contributed by atoms with van der Waals surface area (Å²) in [4.78, 5) is 23.2. The highest BCUT2D eigenvalue weighted by Crippen LogP contribution is 2.27. The van der Waals surface area contributed by atoms with Gasteiger partial charge >= 0.3 is 12.0 Å². The summed E-state index contributed by atoms with van der Waals surface area (Å²) in [5, 5.41) is 15.3. The topological polar surface area (TPSA) is 78.4 Å². The molecule has 2 amide bonds. The number of rotatable bonds is 4. The molecule has 1 saturated carbocycles. The number of carbonyl (C=O) groups excluding carboxylic acids is 1. The van der Waals surface area contributed by atoms with E-state index in [2.05, 4.69) is 16.9 Å². The van der Waals surface area contributed by atoms with Crippen molar-refractivity contribution in [1.82, 2.24) is 10.6 Å². The SMILES string of the molecule is CSC1CCCC(NC(=O)N[C@H](C(=O)O)C(C)(C)C)C1. The van der Waals surface area contributed by atoms with E-state index in [-0.39, 0.29) is 12.1 Å². The van der Waals surface area contributed by atoms with Crippen LogP contribution in [-0.4, -0.2) is 40.7 Å². The second-order valence-electron chi connectivity index (χ2n) is 6.48. The predicted molar refractivity (Wildman–Crippen MR) is 82.1 cm³/mol. The second kappa shape index (κ2) is 7.20. The van der Waals surface area contributed by atoms with Crippen molar-refractivity contribution >= 4 is 23.8 Å². The molecule has 0 aromatic heterocycles. The Bertz CT molecular complexity index is 355. The lowest BCUT2D eigenvalue weighted by Gasteiger charge is -2.31. The highest BCUT2D eigenvalue weighted by Gasteiger charge is 2.33. The minimum atomic E-state index is -1.00. The first kappa shape index (κ1) is 17.1. The van der Waals surface area contributed by atoms with E-state index in [4.69, 9.17) is 0 Å². The van der Waals surface area contributed by atoms with Gasteiger partial charge in [0.05, 0.1) is 0 Å². The molecule has 5 nitrogen and oxygen atoms in total. The molecule has 0 radical (unpaired) electrons. The number of hydrogen-bond acceptors (Lipinski definition) is 3. The standard InChI is InChI=1S/C14H26N2O3S/c1-14(2,3)11(12(17)18)16-13(19)15-9-6-5-7-10(8-9)20-4/h9-11H,5-8H2,1-4H3,(H,17,18)(H2,15,16,19)/t9?,10?,11-/m1/s1. The molecule has 20 heavy (non-hydrogen) atoms. The zero-order valence-electron chi connectivity index (χ0n) is 12.7. The van der Waals surface area contributed by atoms with E-state index in [0.29, 0.717) is 5.25 Å². The Morgan fingerprint density at radius 2 is 1.95 bits per heavy atom. The monoisotopic (exact) mass is 302 g/mol. The van der Waals surface area contributed by atoms with Gasteiger partial charge in [0.1, 0.15) is 6.04 Å². The molecule has 3 atom stereocenters. The van der Waals surface area contributed by atoms with Crippen LogP contribution in [0.2, 0.25) is 0 Å². The van der Waals surface area contributed by atoms with E-state index in [9.17, 15) is 14.7 Å². The molecular weight excluding hydrogens is 276 g/mol. The van der Waals surface area contributed by atoms with Crippen molar-refractivity contribution in [2.24, 2.45) is 5.41 Å². The summed E-state index contributed by atoms with van der Waals surface area (Å²) in [5.74, 6) is -1.00. The van der Waals surface area contributed by atoms with Crippen molar-refractivity contribution < 1.29 is 14.7 Å². The van der Waals surface area contributed by atoms with Crippen LogP contribution in [0.1, 0.15) is 46.5 Å². The van der Waals surface area contributed by atoms with Gasteiger partial charge in [-0.15, -0.1) is 0 Å². The average molecular weight is 302 g/mol. The van der Waals surface area contributed by atoms with E-state index in [1.807, 2.05) is 11.8 Å². The molecule has 0 aromatic rings. The number of amides is 2. The van der Waals surface area contributed by atoms with Gasteiger partial charge in [-0.1, -0.05) is 27.2 Å². The van der Waals surface area contributed by atoms with Gasteiger partial charge in [-0.3, -0.25) is 0 Å². The third-order valence-electron chi connectivity index (χ3n) is 3.68. The summed E-state index contributed by atoms with van der Waals surface area (Å²) in [6.45, 7) is 5.41. The molecule has 116 valence electrons. The van der Waals surface area contributed by atoms with Crippen molar-refractivity contribution in [2.75, 3.05) is 6.26 Å². The summed E-state index contributed by atoms with van der Waals surface area (Å²) in [5.41, 5.74) is -0.516. The molecule has 0 heterocycles. The zero-order chi connectivity index (χ0) is 15.3. The highest BCUT2D eigenvalue weighted by atomic mass is 32.2. The number of carbonyl (C=O) groups is 2. The number of urea groups is 1. The Hall–Kier alpha value is -0.910. The molecule has 1 aliphatic carbocycles. The lowest BCUT2D eigenvalue weighted by Crippen LogP contribution is -2.54. The Morgan fingerprint density at radius 1 is 1.30 bits per heavy atom. The van der Waals surface area contributed by atoms with Gasteiger partial charge in [0, 0.05) is 11.3 Å². The van der Waals surface area contributed by atoms with Crippen LogP contribution in [-0.2, 0) is 4.79 Å². The molecule has 0 saturated heterocycles. The maximum Gasteiger partial charge on any atom is 0.326 e. The lowest BCUT2D eigenvalue weighted by atomic mass is 9.87. The third kappa shape index (κ3) is 5.23. The van der Waals surface area contributed by atoms with Gasteiger partial charge in [-0.2, -0.15) is 11.8 Å². The summed E-state index contributed by atoms with van der Waals surface area (Å²) in [6, 6.07) is -1.11. The molecule has 0 aliphatic heterocycles. The maximum atomic E-state index is 12.0. The van der Waals surface area contributed by atoms with Crippen molar-refractivity contribution in [2.45, 2.75) is 63.8 Å². The van der Waals surface area contributed by atoms with Crippen molar-refractivity contribution in [3.63, 3.8) is 0 Å². The van der Waals surface area contributed by atoms with Gasteiger partial charge in [0.2, 0.25) is 0 Å². The molecular formula is C14H26N2O3S. The van der Waals surface area contributed by atoms with Crippen LogP contribution in [0.3, 0.4) is 0 Å². The first-order valence-corrected chi connectivity index (χ1v) is 8.35. The first-order valence-electron chi connectivity index (χ1n) is 7.06. The fraction of sp³-hybridized carbons (Fsp3) is 0.857. The fourth-order valence-electron chi connectivity index (χ4n) is 2.50. The lowest BCUT2D eigenvalue weighted by molar-refractivity contribution is -0.141. The second-order valence-corrected chi connectivity index (χ2v) is 7.61. The molecule has 1 aliphatic rings. The number of nitrogens with one attached hydrogen (secondary N) is 2. The highest BCUT2D eigenvalue weighted by molar-refractivity contribution is 7.99. The van der Waals surface area contributed by atoms with Gasteiger partial charge in [0.15, 0.2) is 0 Å². The van der Waals surface area contributed by atoms with E-state index in [0.717, 1.165) is 19.3 Å². The largest absolute Gasteiger partial charge is 0.480 e.